The van der Waals surface area contributed by atoms with Gasteiger partial charge in [-0.2, -0.15) is 15.6 Å². The third-order valence-electron chi connectivity index (χ3n) is 3.66. The zero-order valence-electron chi connectivity index (χ0n) is 15.2. The summed E-state index contributed by atoms with van der Waals surface area (Å²) in [5, 5.41) is 20.8. The fourth-order valence-electron chi connectivity index (χ4n) is 2.15. The standard InChI is InChI=1S/C20H16N4O4/c1-13(19(25)14-5-9-18(27-2)10-6-14)28-20(26)15-3-7-16(8-4-15)23-24-17(11-21)12-22/h3-10,13,23H,1-2H3. The van der Waals surface area contributed by atoms with Crippen molar-refractivity contribution in [3.05, 3.63) is 59.7 Å². The Labute approximate surface area is 161 Å². The van der Waals surface area contributed by atoms with Gasteiger partial charge >= 0.3 is 5.97 Å². The van der Waals surface area contributed by atoms with E-state index in [1.54, 1.807) is 36.4 Å². The first-order valence-electron chi connectivity index (χ1n) is 8.11. The second-order valence-electron chi connectivity index (χ2n) is 5.51. The van der Waals surface area contributed by atoms with Crippen LogP contribution in [0.15, 0.2) is 53.6 Å². The Kier molecular flexibility index (Phi) is 6.84. The highest BCUT2D eigenvalue weighted by molar-refractivity contribution is 6.10. The van der Waals surface area contributed by atoms with Crippen molar-refractivity contribution in [3.8, 4) is 17.9 Å². The van der Waals surface area contributed by atoms with Gasteiger partial charge in [0.15, 0.2) is 6.10 Å². The van der Waals surface area contributed by atoms with E-state index in [2.05, 4.69) is 10.5 Å². The van der Waals surface area contributed by atoms with Crippen molar-refractivity contribution < 1.29 is 19.1 Å². The molecule has 0 aromatic heterocycles. The molecule has 0 amide bonds. The number of nitrogens with one attached hydrogen (secondary N) is 1. The second-order valence-corrected chi connectivity index (χ2v) is 5.51. The predicted molar refractivity (Wildman–Crippen MR) is 101 cm³/mol. The number of nitriles is 2. The van der Waals surface area contributed by atoms with E-state index in [4.69, 9.17) is 20.0 Å². The summed E-state index contributed by atoms with van der Waals surface area (Å²) in [7, 11) is 1.53. The van der Waals surface area contributed by atoms with Gasteiger partial charge in [-0.05, 0) is 55.5 Å². The third kappa shape index (κ3) is 5.16. The average Bonchev–Trinajstić information content (AvgIpc) is 2.74. The van der Waals surface area contributed by atoms with E-state index in [9.17, 15) is 9.59 Å². The molecule has 0 saturated carbocycles. The van der Waals surface area contributed by atoms with Gasteiger partial charge in [0.25, 0.3) is 0 Å². The molecule has 0 aliphatic carbocycles. The summed E-state index contributed by atoms with van der Waals surface area (Å²) in [6.45, 7) is 1.50. The van der Waals surface area contributed by atoms with Crippen molar-refractivity contribution in [1.82, 2.24) is 0 Å². The number of hydrogen-bond acceptors (Lipinski definition) is 8. The molecule has 8 heteroatoms. The molecular formula is C20H16N4O4. The van der Waals surface area contributed by atoms with Crippen LogP contribution in [0.2, 0.25) is 0 Å². The summed E-state index contributed by atoms with van der Waals surface area (Å²) in [5.41, 5.74) is 3.33. The Bertz CT molecular complexity index is 951. The van der Waals surface area contributed by atoms with Crippen LogP contribution in [-0.4, -0.2) is 30.7 Å². The number of hydrazone groups is 1. The summed E-state index contributed by atoms with van der Waals surface area (Å²) in [6.07, 6.45) is -0.961. The van der Waals surface area contributed by atoms with Crippen LogP contribution in [0, 0.1) is 22.7 Å². The van der Waals surface area contributed by atoms with Gasteiger partial charge in [-0.15, -0.1) is 0 Å². The smallest absolute Gasteiger partial charge is 0.338 e. The number of ether oxygens (including phenoxy) is 2. The predicted octanol–water partition coefficient (Wildman–Crippen LogP) is 2.94. The first kappa shape index (κ1) is 20.1. The molecule has 140 valence electrons. The van der Waals surface area contributed by atoms with Crippen molar-refractivity contribution in [1.29, 1.82) is 10.5 Å². The highest BCUT2D eigenvalue weighted by atomic mass is 16.5. The van der Waals surface area contributed by atoms with Crippen LogP contribution < -0.4 is 10.2 Å². The van der Waals surface area contributed by atoms with Crippen molar-refractivity contribution in [2.75, 3.05) is 12.5 Å². The highest BCUT2D eigenvalue weighted by Gasteiger charge is 2.20. The van der Waals surface area contributed by atoms with Gasteiger partial charge < -0.3 is 9.47 Å². The van der Waals surface area contributed by atoms with Crippen LogP contribution in [0.4, 0.5) is 5.69 Å². The lowest BCUT2D eigenvalue weighted by molar-refractivity contribution is 0.0319. The highest BCUT2D eigenvalue weighted by Crippen LogP contribution is 2.15. The Hall–Kier alpha value is -4.17. The molecule has 1 unspecified atom stereocenters. The van der Waals surface area contributed by atoms with E-state index in [1.807, 2.05) is 0 Å². The molecule has 0 aliphatic rings. The fourth-order valence-corrected chi connectivity index (χ4v) is 2.15. The third-order valence-corrected chi connectivity index (χ3v) is 3.66. The summed E-state index contributed by atoms with van der Waals surface area (Å²) in [4.78, 5) is 24.6. The summed E-state index contributed by atoms with van der Waals surface area (Å²) >= 11 is 0. The van der Waals surface area contributed by atoms with E-state index in [-0.39, 0.29) is 17.1 Å². The molecule has 2 aromatic carbocycles. The molecule has 0 bridgehead atoms. The van der Waals surface area contributed by atoms with Gasteiger partial charge in [-0.3, -0.25) is 10.2 Å². The SMILES string of the molecule is COc1ccc(C(=O)C(C)OC(=O)c2ccc(NN=C(C#N)C#N)cc2)cc1. The molecule has 2 rings (SSSR count). The van der Waals surface area contributed by atoms with Gasteiger partial charge in [-0.1, -0.05) is 0 Å². The minimum atomic E-state index is -0.961. The van der Waals surface area contributed by atoms with Gasteiger partial charge in [0.05, 0.1) is 18.4 Å². The number of Topliss-reactive ketones (excluding diaryl/α,β-unsaturated/α-hetero) is 1. The number of rotatable bonds is 7. The number of hydrogen-bond donors (Lipinski definition) is 1. The summed E-state index contributed by atoms with van der Waals surface area (Å²) in [6, 6.07) is 15.8. The van der Waals surface area contributed by atoms with E-state index in [1.165, 1.54) is 38.3 Å². The maximum Gasteiger partial charge on any atom is 0.338 e. The van der Waals surface area contributed by atoms with Crippen LogP contribution in [0.1, 0.15) is 27.6 Å². The van der Waals surface area contributed by atoms with Crippen molar-refractivity contribution in [2.45, 2.75) is 13.0 Å². The molecule has 0 heterocycles. The lowest BCUT2D eigenvalue weighted by atomic mass is 10.1. The zero-order chi connectivity index (χ0) is 20.5. The molecule has 0 fully saturated rings. The molecule has 0 spiro atoms. The summed E-state index contributed by atoms with van der Waals surface area (Å²) in [5.74, 6) is -0.362. The average molecular weight is 376 g/mol. The Balaban J connectivity index is 1.99. The summed E-state index contributed by atoms with van der Waals surface area (Å²) < 4.78 is 10.3. The van der Waals surface area contributed by atoms with E-state index >= 15 is 0 Å². The van der Waals surface area contributed by atoms with Crippen molar-refractivity contribution in [3.63, 3.8) is 0 Å². The molecule has 0 radical (unpaired) electrons. The Morgan fingerprint density at radius 3 is 2.11 bits per heavy atom. The van der Waals surface area contributed by atoms with Crippen LogP contribution >= 0.6 is 0 Å². The second kappa shape index (κ2) is 9.51. The van der Waals surface area contributed by atoms with Crippen LogP contribution in [-0.2, 0) is 4.74 Å². The quantitative estimate of drug-likeness (QED) is 0.341. The number of benzene rings is 2. The first-order chi connectivity index (χ1) is 13.5. The van der Waals surface area contributed by atoms with Crippen LogP contribution in [0.25, 0.3) is 0 Å². The normalized spacial score (nSPS) is 10.6. The topological polar surface area (TPSA) is 125 Å². The molecule has 0 aliphatic heterocycles. The van der Waals surface area contributed by atoms with Gasteiger partial charge in [0, 0.05) is 5.56 Å². The zero-order valence-corrected chi connectivity index (χ0v) is 15.2. The Morgan fingerprint density at radius 2 is 1.57 bits per heavy atom. The fraction of sp³-hybridized carbons (Fsp3) is 0.150. The van der Waals surface area contributed by atoms with Crippen molar-refractivity contribution >= 4 is 23.2 Å². The molecule has 8 nitrogen and oxygen atoms in total. The molecule has 1 atom stereocenters. The van der Waals surface area contributed by atoms with E-state index in [0.29, 0.717) is 17.0 Å². The van der Waals surface area contributed by atoms with Gasteiger partial charge in [0.1, 0.15) is 17.9 Å². The number of methoxy groups -OCH3 is 1. The monoisotopic (exact) mass is 376 g/mol. The lowest BCUT2D eigenvalue weighted by Gasteiger charge is -2.13. The van der Waals surface area contributed by atoms with Crippen LogP contribution in [0.3, 0.4) is 0 Å². The maximum atomic E-state index is 12.4. The molecule has 1 N–H and O–H groups in total. The molecule has 0 saturated heterocycles. The van der Waals surface area contributed by atoms with E-state index in [0.717, 1.165) is 0 Å². The molecular weight excluding hydrogens is 360 g/mol. The minimum Gasteiger partial charge on any atom is -0.497 e. The Morgan fingerprint density at radius 1 is 1.00 bits per heavy atom. The number of ketones is 1. The number of carbonyl (C=O) groups excluding carboxylic acids is 2. The molecule has 2 aromatic rings. The molecule has 28 heavy (non-hydrogen) atoms. The number of nitrogens with zero attached hydrogens (tertiary/aromatic N) is 3. The van der Waals surface area contributed by atoms with Crippen molar-refractivity contribution in [2.24, 2.45) is 5.10 Å². The number of esters is 1. The lowest BCUT2D eigenvalue weighted by Crippen LogP contribution is -2.24. The maximum absolute atomic E-state index is 12.4. The van der Waals surface area contributed by atoms with E-state index < -0.39 is 12.1 Å². The number of carbonyl (C=O) groups is 2. The first-order valence-corrected chi connectivity index (χ1v) is 8.11. The van der Waals surface area contributed by atoms with Gasteiger partial charge in [0.2, 0.25) is 11.5 Å². The van der Waals surface area contributed by atoms with Crippen LogP contribution in [0.5, 0.6) is 5.75 Å². The largest absolute Gasteiger partial charge is 0.497 e. The minimum absolute atomic E-state index is 0.240. The van der Waals surface area contributed by atoms with Gasteiger partial charge in [-0.25, -0.2) is 4.79 Å². The number of anilines is 1.